The van der Waals surface area contributed by atoms with E-state index in [4.69, 9.17) is 4.74 Å². The zero-order valence-corrected chi connectivity index (χ0v) is 13.8. The number of nitrogens with zero attached hydrogens (tertiary/aromatic N) is 4. The Hall–Kier alpha value is -1.69. The lowest BCUT2D eigenvalue weighted by atomic mass is 10.1. The van der Waals surface area contributed by atoms with E-state index < -0.39 is 0 Å². The maximum absolute atomic E-state index is 11.5. The first-order valence-electron chi connectivity index (χ1n) is 8.09. The van der Waals surface area contributed by atoms with Gasteiger partial charge in [-0.2, -0.15) is 0 Å². The van der Waals surface area contributed by atoms with Gasteiger partial charge in [-0.3, -0.25) is 9.69 Å². The van der Waals surface area contributed by atoms with E-state index in [0.29, 0.717) is 13.2 Å². The minimum Gasteiger partial charge on any atom is -0.465 e. The SMILES string of the molecule is CCCc1cnc(C)nc1N1CCN(CC(=O)OCC)CC1. The summed E-state index contributed by atoms with van der Waals surface area (Å²) < 4.78 is 5.01. The lowest BCUT2D eigenvalue weighted by Crippen LogP contribution is -2.48. The molecule has 1 aliphatic rings. The van der Waals surface area contributed by atoms with Crippen LogP contribution in [0.1, 0.15) is 31.7 Å². The average Bonchev–Trinajstić information content (AvgIpc) is 2.50. The van der Waals surface area contributed by atoms with Crippen molar-refractivity contribution in [2.45, 2.75) is 33.6 Å². The van der Waals surface area contributed by atoms with Crippen LogP contribution in [0.4, 0.5) is 5.82 Å². The molecule has 0 spiro atoms. The molecule has 22 heavy (non-hydrogen) atoms. The third-order valence-corrected chi connectivity index (χ3v) is 3.81. The van der Waals surface area contributed by atoms with E-state index in [9.17, 15) is 4.79 Å². The van der Waals surface area contributed by atoms with Gasteiger partial charge in [-0.1, -0.05) is 13.3 Å². The molecule has 0 unspecified atom stereocenters. The first-order chi connectivity index (χ1) is 10.6. The highest BCUT2D eigenvalue weighted by atomic mass is 16.5. The standard InChI is InChI=1S/C16H26N4O2/c1-4-6-14-11-17-13(3)18-16(14)20-9-7-19(8-10-20)12-15(21)22-5-2/h11H,4-10,12H2,1-3H3. The number of piperazine rings is 1. The highest BCUT2D eigenvalue weighted by Crippen LogP contribution is 2.20. The van der Waals surface area contributed by atoms with Crippen LogP contribution in [0, 0.1) is 6.92 Å². The molecule has 0 N–H and O–H groups in total. The summed E-state index contributed by atoms with van der Waals surface area (Å²) in [6, 6.07) is 0. The van der Waals surface area contributed by atoms with Gasteiger partial charge in [-0.05, 0) is 20.3 Å². The fourth-order valence-electron chi connectivity index (χ4n) is 2.71. The van der Waals surface area contributed by atoms with Crippen LogP contribution in [0.5, 0.6) is 0 Å². The largest absolute Gasteiger partial charge is 0.465 e. The molecule has 0 atom stereocenters. The molecule has 0 saturated carbocycles. The van der Waals surface area contributed by atoms with Crippen molar-refractivity contribution in [2.75, 3.05) is 44.2 Å². The number of carbonyl (C=O) groups is 1. The van der Waals surface area contributed by atoms with Crippen LogP contribution in [0.15, 0.2) is 6.20 Å². The molecule has 6 nitrogen and oxygen atoms in total. The third-order valence-electron chi connectivity index (χ3n) is 3.81. The minimum atomic E-state index is -0.138. The molecular formula is C16H26N4O2. The first kappa shape index (κ1) is 16.7. The van der Waals surface area contributed by atoms with Crippen molar-refractivity contribution < 1.29 is 9.53 Å². The van der Waals surface area contributed by atoms with Crippen molar-refractivity contribution in [1.29, 1.82) is 0 Å². The van der Waals surface area contributed by atoms with Crippen molar-refractivity contribution in [3.8, 4) is 0 Å². The lowest BCUT2D eigenvalue weighted by Gasteiger charge is -2.35. The monoisotopic (exact) mass is 306 g/mol. The molecule has 122 valence electrons. The number of hydrogen-bond acceptors (Lipinski definition) is 6. The van der Waals surface area contributed by atoms with Crippen LogP contribution in [0.25, 0.3) is 0 Å². The summed E-state index contributed by atoms with van der Waals surface area (Å²) in [4.78, 5) is 25.0. The number of carbonyl (C=O) groups excluding carboxylic acids is 1. The zero-order valence-electron chi connectivity index (χ0n) is 13.8. The maximum Gasteiger partial charge on any atom is 0.320 e. The Bertz CT molecular complexity index is 499. The van der Waals surface area contributed by atoms with Gasteiger partial charge < -0.3 is 9.64 Å². The first-order valence-corrected chi connectivity index (χ1v) is 8.09. The fourth-order valence-corrected chi connectivity index (χ4v) is 2.71. The molecule has 0 aliphatic carbocycles. The molecule has 2 heterocycles. The molecule has 1 fully saturated rings. The van der Waals surface area contributed by atoms with Gasteiger partial charge in [-0.25, -0.2) is 9.97 Å². The van der Waals surface area contributed by atoms with Crippen molar-refractivity contribution in [1.82, 2.24) is 14.9 Å². The number of anilines is 1. The Morgan fingerprint density at radius 2 is 2.00 bits per heavy atom. The predicted molar refractivity (Wildman–Crippen MR) is 86.1 cm³/mol. The Balaban J connectivity index is 1.96. The quantitative estimate of drug-likeness (QED) is 0.741. The van der Waals surface area contributed by atoms with Crippen molar-refractivity contribution in [2.24, 2.45) is 0 Å². The number of aryl methyl sites for hydroxylation is 2. The molecule has 0 bridgehead atoms. The highest BCUT2D eigenvalue weighted by Gasteiger charge is 2.22. The molecule has 0 aromatic carbocycles. The van der Waals surface area contributed by atoms with Gasteiger partial charge in [0.1, 0.15) is 11.6 Å². The normalized spacial score (nSPS) is 15.9. The van der Waals surface area contributed by atoms with E-state index in [0.717, 1.165) is 50.7 Å². The Morgan fingerprint density at radius 1 is 1.27 bits per heavy atom. The third kappa shape index (κ3) is 4.40. The number of rotatable bonds is 6. The lowest BCUT2D eigenvalue weighted by molar-refractivity contribution is -0.144. The summed E-state index contributed by atoms with van der Waals surface area (Å²) in [5, 5.41) is 0. The van der Waals surface area contributed by atoms with E-state index in [1.807, 2.05) is 20.0 Å². The van der Waals surface area contributed by atoms with Crippen LogP contribution >= 0.6 is 0 Å². The topological polar surface area (TPSA) is 58.6 Å². The van der Waals surface area contributed by atoms with Crippen molar-refractivity contribution in [3.63, 3.8) is 0 Å². The van der Waals surface area contributed by atoms with Gasteiger partial charge in [0.15, 0.2) is 0 Å². The van der Waals surface area contributed by atoms with Crippen LogP contribution in [0.3, 0.4) is 0 Å². The predicted octanol–water partition coefficient (Wildman–Crippen LogP) is 1.42. The summed E-state index contributed by atoms with van der Waals surface area (Å²) in [6.07, 6.45) is 4.03. The Kier molecular flexibility index (Phi) is 6.12. The minimum absolute atomic E-state index is 0.138. The summed E-state index contributed by atoms with van der Waals surface area (Å²) in [5.74, 6) is 1.73. The summed E-state index contributed by atoms with van der Waals surface area (Å²) >= 11 is 0. The molecule has 6 heteroatoms. The van der Waals surface area contributed by atoms with E-state index in [1.165, 1.54) is 5.56 Å². The molecular weight excluding hydrogens is 280 g/mol. The van der Waals surface area contributed by atoms with Gasteiger partial charge in [-0.15, -0.1) is 0 Å². The van der Waals surface area contributed by atoms with Crippen LogP contribution in [0.2, 0.25) is 0 Å². The smallest absolute Gasteiger partial charge is 0.320 e. The van der Waals surface area contributed by atoms with Crippen LogP contribution < -0.4 is 4.90 Å². The second kappa shape index (κ2) is 8.08. The van der Waals surface area contributed by atoms with E-state index in [1.54, 1.807) is 0 Å². The summed E-state index contributed by atoms with van der Waals surface area (Å²) in [7, 11) is 0. The van der Waals surface area contributed by atoms with Crippen molar-refractivity contribution in [3.05, 3.63) is 17.6 Å². The highest BCUT2D eigenvalue weighted by molar-refractivity contribution is 5.71. The van der Waals surface area contributed by atoms with Gasteiger partial charge in [0.05, 0.1) is 13.2 Å². The molecule has 1 saturated heterocycles. The average molecular weight is 306 g/mol. The molecule has 2 rings (SSSR count). The number of hydrogen-bond donors (Lipinski definition) is 0. The van der Waals surface area contributed by atoms with Gasteiger partial charge in [0.25, 0.3) is 0 Å². The number of aromatic nitrogens is 2. The van der Waals surface area contributed by atoms with Crippen LogP contribution in [-0.4, -0.2) is 60.2 Å². The molecule has 1 aliphatic heterocycles. The molecule has 1 aromatic heterocycles. The summed E-state index contributed by atoms with van der Waals surface area (Å²) in [6.45, 7) is 10.2. The van der Waals surface area contributed by atoms with Gasteiger partial charge >= 0.3 is 5.97 Å². The summed E-state index contributed by atoms with van der Waals surface area (Å²) in [5.41, 5.74) is 1.21. The van der Waals surface area contributed by atoms with E-state index >= 15 is 0 Å². The maximum atomic E-state index is 11.5. The van der Waals surface area contributed by atoms with Crippen LogP contribution in [-0.2, 0) is 16.0 Å². The Morgan fingerprint density at radius 3 is 2.64 bits per heavy atom. The molecule has 1 aromatic rings. The zero-order chi connectivity index (χ0) is 15.9. The molecule has 0 amide bonds. The number of esters is 1. The van der Waals surface area contributed by atoms with Gasteiger partial charge in [0, 0.05) is 37.9 Å². The fraction of sp³-hybridized carbons (Fsp3) is 0.688. The van der Waals surface area contributed by atoms with E-state index in [-0.39, 0.29) is 5.97 Å². The number of ether oxygens (including phenoxy) is 1. The van der Waals surface area contributed by atoms with Crippen molar-refractivity contribution >= 4 is 11.8 Å². The van der Waals surface area contributed by atoms with Gasteiger partial charge in [0.2, 0.25) is 0 Å². The van der Waals surface area contributed by atoms with E-state index in [2.05, 4.69) is 26.7 Å². The second-order valence-electron chi connectivity index (χ2n) is 5.58. The second-order valence-corrected chi connectivity index (χ2v) is 5.58. The molecule has 0 radical (unpaired) electrons. The Labute approximate surface area is 132 Å².